The Morgan fingerprint density at radius 1 is 1.17 bits per heavy atom. The van der Waals surface area contributed by atoms with Gasteiger partial charge in [0, 0.05) is 18.2 Å². The number of hydrogen-bond acceptors (Lipinski definition) is 7. The van der Waals surface area contributed by atoms with Gasteiger partial charge in [0.15, 0.2) is 5.69 Å². The number of anilines is 1. The zero-order valence-corrected chi connectivity index (χ0v) is 18.7. The molecule has 0 aliphatic carbocycles. The second-order valence-corrected chi connectivity index (χ2v) is 9.09. The van der Waals surface area contributed by atoms with Crippen LogP contribution in [0.15, 0.2) is 46.9 Å². The molecule has 0 saturated carbocycles. The molecule has 2 aromatic heterocycles. The molecule has 0 saturated heterocycles. The average molecular weight is 441 g/mol. The van der Waals surface area contributed by atoms with Crippen molar-refractivity contribution in [2.45, 2.75) is 50.9 Å². The number of aromatic nitrogens is 3. The molecule has 4 rings (SSSR count). The van der Waals surface area contributed by atoms with E-state index in [0.29, 0.717) is 16.7 Å². The van der Waals surface area contributed by atoms with E-state index in [1.54, 1.807) is 34.9 Å². The summed E-state index contributed by atoms with van der Waals surface area (Å²) in [7, 11) is 0. The summed E-state index contributed by atoms with van der Waals surface area (Å²) in [5.41, 5.74) is 2.10. The van der Waals surface area contributed by atoms with Crippen LogP contribution >= 0.6 is 23.1 Å². The van der Waals surface area contributed by atoms with Gasteiger partial charge < -0.3 is 4.74 Å². The van der Waals surface area contributed by atoms with Crippen LogP contribution in [0.3, 0.4) is 0 Å². The second kappa shape index (κ2) is 9.57. The van der Waals surface area contributed by atoms with E-state index in [4.69, 9.17) is 4.74 Å². The molecule has 30 heavy (non-hydrogen) atoms. The molecule has 8 heteroatoms. The molecule has 0 unspecified atom stereocenters. The Balaban J connectivity index is 1.71. The Labute approximate surface area is 184 Å². The molecule has 6 nitrogen and oxygen atoms in total. The predicted octanol–water partition coefficient (Wildman–Crippen LogP) is 5.72. The maximum Gasteiger partial charge on any atom is 0.247 e. The molecule has 0 N–H and O–H groups in total. The molecule has 0 fully saturated rings. The molecule has 3 heterocycles. The quantitative estimate of drug-likeness (QED) is 0.346. The molecule has 1 atom stereocenters. The standard InChI is InChI=1S/C22H24N4O2S2/c1-3-4-5-8-13-30-22-23-20-19(24-25-22)16-10-6-7-11-17(16)26(15(2)27)21(28-20)18-12-9-14-29-18/h6-7,9-12,14,21H,3-5,8,13H2,1-2H3/t21-/m1/s1. The van der Waals surface area contributed by atoms with Crippen LogP contribution in [-0.4, -0.2) is 26.8 Å². The Morgan fingerprint density at radius 3 is 2.80 bits per heavy atom. The Hall–Kier alpha value is -2.45. The van der Waals surface area contributed by atoms with Crippen LogP contribution in [0.5, 0.6) is 5.88 Å². The number of fused-ring (bicyclic) bond motifs is 3. The molecule has 0 bridgehead atoms. The van der Waals surface area contributed by atoms with E-state index in [-0.39, 0.29) is 5.91 Å². The van der Waals surface area contributed by atoms with Crippen LogP contribution < -0.4 is 9.64 Å². The first-order valence-corrected chi connectivity index (χ1v) is 12.0. The molecule has 1 aliphatic rings. The largest absolute Gasteiger partial charge is 0.446 e. The van der Waals surface area contributed by atoms with Crippen LogP contribution in [0.4, 0.5) is 5.69 Å². The molecule has 1 amide bonds. The van der Waals surface area contributed by atoms with Crippen molar-refractivity contribution in [2.75, 3.05) is 10.7 Å². The smallest absolute Gasteiger partial charge is 0.247 e. The van der Waals surface area contributed by atoms with E-state index in [1.807, 2.05) is 41.8 Å². The minimum Gasteiger partial charge on any atom is -0.446 e. The number of para-hydroxylation sites is 1. The van der Waals surface area contributed by atoms with Crippen molar-refractivity contribution in [3.05, 3.63) is 46.7 Å². The first-order chi connectivity index (χ1) is 14.7. The summed E-state index contributed by atoms with van der Waals surface area (Å²) >= 11 is 3.14. The molecular formula is C22H24N4O2S2. The van der Waals surface area contributed by atoms with Gasteiger partial charge in [-0.25, -0.2) is 0 Å². The van der Waals surface area contributed by atoms with E-state index < -0.39 is 6.23 Å². The first-order valence-electron chi connectivity index (χ1n) is 10.2. The molecule has 0 radical (unpaired) electrons. The highest BCUT2D eigenvalue weighted by molar-refractivity contribution is 7.99. The number of nitrogens with zero attached hydrogens (tertiary/aromatic N) is 4. The van der Waals surface area contributed by atoms with Gasteiger partial charge in [-0.3, -0.25) is 9.69 Å². The fraction of sp³-hybridized carbons (Fsp3) is 0.364. The SMILES string of the molecule is CCCCCCSc1nnc2c(n1)O[C@H](c1cccs1)N(C(C)=O)c1ccccc1-2. The Morgan fingerprint density at radius 2 is 2.03 bits per heavy atom. The fourth-order valence-corrected chi connectivity index (χ4v) is 4.94. The van der Waals surface area contributed by atoms with Crippen LogP contribution in [0, 0.1) is 0 Å². The number of benzene rings is 1. The zero-order valence-electron chi connectivity index (χ0n) is 17.1. The van der Waals surface area contributed by atoms with Crippen molar-refractivity contribution in [1.82, 2.24) is 15.2 Å². The number of unbranched alkanes of at least 4 members (excludes halogenated alkanes) is 3. The number of ether oxygens (including phenoxy) is 1. The van der Waals surface area contributed by atoms with E-state index >= 15 is 0 Å². The summed E-state index contributed by atoms with van der Waals surface area (Å²) < 4.78 is 6.33. The third-order valence-corrected chi connectivity index (χ3v) is 6.69. The molecule has 1 aliphatic heterocycles. The Bertz CT molecular complexity index is 1010. The van der Waals surface area contributed by atoms with Gasteiger partial charge in [-0.15, -0.1) is 21.5 Å². The number of carbonyl (C=O) groups excluding carboxylic acids is 1. The lowest BCUT2D eigenvalue weighted by atomic mass is 10.1. The van der Waals surface area contributed by atoms with Crippen LogP contribution in [0.1, 0.15) is 50.6 Å². The Kier molecular flexibility index (Phi) is 6.64. The van der Waals surface area contributed by atoms with E-state index in [2.05, 4.69) is 22.1 Å². The van der Waals surface area contributed by atoms with E-state index in [1.165, 1.54) is 19.3 Å². The lowest BCUT2D eigenvalue weighted by Gasteiger charge is -2.28. The van der Waals surface area contributed by atoms with Crippen molar-refractivity contribution in [3.8, 4) is 17.1 Å². The third-order valence-electron chi connectivity index (χ3n) is 4.87. The van der Waals surface area contributed by atoms with Gasteiger partial charge in [-0.1, -0.05) is 62.2 Å². The van der Waals surface area contributed by atoms with Gasteiger partial charge in [0.2, 0.25) is 23.2 Å². The minimum absolute atomic E-state index is 0.105. The topological polar surface area (TPSA) is 68.2 Å². The number of thiophene rings is 1. The van der Waals surface area contributed by atoms with E-state index in [0.717, 1.165) is 28.3 Å². The van der Waals surface area contributed by atoms with Gasteiger partial charge in [0.1, 0.15) is 0 Å². The van der Waals surface area contributed by atoms with Crippen LogP contribution in [-0.2, 0) is 4.79 Å². The van der Waals surface area contributed by atoms with Gasteiger partial charge in [0.25, 0.3) is 0 Å². The monoisotopic (exact) mass is 440 g/mol. The first kappa shape index (κ1) is 20.8. The zero-order chi connectivity index (χ0) is 20.9. The van der Waals surface area contributed by atoms with Crippen LogP contribution in [0.2, 0.25) is 0 Å². The van der Waals surface area contributed by atoms with Gasteiger partial charge in [-0.2, -0.15) is 4.98 Å². The second-order valence-electron chi connectivity index (χ2n) is 7.05. The maximum atomic E-state index is 12.7. The lowest BCUT2D eigenvalue weighted by molar-refractivity contribution is -0.118. The van der Waals surface area contributed by atoms with Gasteiger partial charge >= 0.3 is 0 Å². The highest BCUT2D eigenvalue weighted by atomic mass is 32.2. The normalized spacial score (nSPS) is 15.1. The average Bonchev–Trinajstić information content (AvgIpc) is 3.24. The summed E-state index contributed by atoms with van der Waals surface area (Å²) in [4.78, 5) is 19.9. The summed E-state index contributed by atoms with van der Waals surface area (Å²) in [6.07, 6.45) is 4.20. The third kappa shape index (κ3) is 4.34. The molecule has 156 valence electrons. The van der Waals surface area contributed by atoms with Crippen molar-refractivity contribution in [2.24, 2.45) is 0 Å². The lowest BCUT2D eigenvalue weighted by Crippen LogP contribution is -2.35. The fourth-order valence-electron chi connectivity index (χ4n) is 3.42. The summed E-state index contributed by atoms with van der Waals surface area (Å²) in [6, 6.07) is 11.6. The van der Waals surface area contributed by atoms with Gasteiger partial charge in [-0.05, 0) is 23.9 Å². The number of hydrogen-bond donors (Lipinski definition) is 0. The molecule has 1 aromatic carbocycles. The summed E-state index contributed by atoms with van der Waals surface area (Å²) in [5, 5.41) is 11.4. The van der Waals surface area contributed by atoms with Crippen LogP contribution in [0.25, 0.3) is 11.3 Å². The number of rotatable bonds is 7. The number of carbonyl (C=O) groups is 1. The van der Waals surface area contributed by atoms with E-state index in [9.17, 15) is 4.79 Å². The van der Waals surface area contributed by atoms with Gasteiger partial charge in [0.05, 0.1) is 10.6 Å². The van der Waals surface area contributed by atoms with Crippen molar-refractivity contribution in [3.63, 3.8) is 0 Å². The summed E-state index contributed by atoms with van der Waals surface area (Å²) in [6.45, 7) is 3.75. The van der Waals surface area contributed by atoms with Crippen molar-refractivity contribution < 1.29 is 9.53 Å². The highest BCUT2D eigenvalue weighted by Gasteiger charge is 2.34. The molecular weight excluding hydrogens is 416 g/mol. The van der Waals surface area contributed by atoms with Crippen molar-refractivity contribution in [1.29, 1.82) is 0 Å². The highest BCUT2D eigenvalue weighted by Crippen LogP contribution is 2.44. The maximum absolute atomic E-state index is 12.7. The molecule has 0 spiro atoms. The number of thioether (sulfide) groups is 1. The van der Waals surface area contributed by atoms with Crippen molar-refractivity contribution >= 4 is 34.7 Å². The number of amides is 1. The predicted molar refractivity (Wildman–Crippen MR) is 121 cm³/mol. The molecule has 3 aromatic rings. The summed E-state index contributed by atoms with van der Waals surface area (Å²) in [5.74, 6) is 1.26. The minimum atomic E-state index is -0.594.